The molecule has 2 atom stereocenters. The van der Waals surface area contributed by atoms with Crippen LogP contribution in [0.3, 0.4) is 0 Å². The second kappa shape index (κ2) is 6.20. The number of hydrogen-bond acceptors (Lipinski definition) is 3. The lowest BCUT2D eigenvalue weighted by Gasteiger charge is -2.09. The predicted molar refractivity (Wildman–Crippen MR) is 78.6 cm³/mol. The maximum atomic E-state index is 9.50. The van der Waals surface area contributed by atoms with E-state index in [0.29, 0.717) is 5.92 Å². The van der Waals surface area contributed by atoms with Gasteiger partial charge in [0.1, 0.15) is 0 Å². The van der Waals surface area contributed by atoms with Gasteiger partial charge in [-0.3, -0.25) is 0 Å². The van der Waals surface area contributed by atoms with E-state index in [1.54, 1.807) is 0 Å². The first-order chi connectivity index (χ1) is 9.81. The van der Waals surface area contributed by atoms with E-state index in [2.05, 4.69) is 16.6 Å². The Morgan fingerprint density at radius 1 is 1.25 bits per heavy atom. The van der Waals surface area contributed by atoms with Gasteiger partial charge in [0, 0.05) is 18.3 Å². The molecule has 1 aliphatic rings. The summed E-state index contributed by atoms with van der Waals surface area (Å²) in [6.07, 6.45) is 6.92. The van der Waals surface area contributed by atoms with Gasteiger partial charge in [0.25, 0.3) is 0 Å². The highest BCUT2D eigenvalue weighted by atomic mass is 16.3. The summed E-state index contributed by atoms with van der Waals surface area (Å²) in [5.74, 6) is 0.620. The first-order valence-corrected chi connectivity index (χ1v) is 7.29. The molecule has 1 aliphatic carbocycles. The van der Waals surface area contributed by atoms with Crippen LogP contribution in [-0.2, 0) is 6.54 Å². The SMILES string of the molecule is OC1CCC(CNCc2cnn(-c3ccccc3)c2)C1. The average Bonchev–Trinajstić information content (AvgIpc) is 3.09. The normalized spacial score (nSPS) is 22.2. The highest BCUT2D eigenvalue weighted by Gasteiger charge is 2.21. The molecule has 0 amide bonds. The fourth-order valence-electron chi connectivity index (χ4n) is 2.83. The summed E-state index contributed by atoms with van der Waals surface area (Å²) in [6, 6.07) is 10.1. The number of aliphatic hydroxyl groups excluding tert-OH is 1. The number of aliphatic hydroxyl groups is 1. The van der Waals surface area contributed by atoms with Crippen molar-refractivity contribution in [2.24, 2.45) is 5.92 Å². The molecular weight excluding hydrogens is 250 g/mol. The third kappa shape index (κ3) is 3.26. The smallest absolute Gasteiger partial charge is 0.0645 e. The number of para-hydroxylation sites is 1. The van der Waals surface area contributed by atoms with Gasteiger partial charge in [0.2, 0.25) is 0 Å². The van der Waals surface area contributed by atoms with E-state index < -0.39 is 0 Å². The molecule has 1 heterocycles. The molecule has 2 unspecified atom stereocenters. The van der Waals surface area contributed by atoms with Gasteiger partial charge in [-0.1, -0.05) is 18.2 Å². The van der Waals surface area contributed by atoms with E-state index in [9.17, 15) is 5.11 Å². The van der Waals surface area contributed by atoms with Gasteiger partial charge in [-0.25, -0.2) is 4.68 Å². The van der Waals surface area contributed by atoms with Gasteiger partial charge in [-0.15, -0.1) is 0 Å². The maximum absolute atomic E-state index is 9.50. The molecule has 20 heavy (non-hydrogen) atoms. The molecule has 3 rings (SSSR count). The van der Waals surface area contributed by atoms with Gasteiger partial charge in [0.15, 0.2) is 0 Å². The fourth-order valence-corrected chi connectivity index (χ4v) is 2.83. The van der Waals surface area contributed by atoms with Crippen molar-refractivity contribution < 1.29 is 5.11 Å². The number of benzene rings is 1. The third-order valence-electron chi connectivity index (χ3n) is 3.93. The Bertz CT molecular complexity index is 538. The zero-order valence-corrected chi connectivity index (χ0v) is 11.6. The summed E-state index contributed by atoms with van der Waals surface area (Å²) in [7, 11) is 0. The minimum atomic E-state index is -0.0809. The summed E-state index contributed by atoms with van der Waals surface area (Å²) < 4.78 is 1.90. The Balaban J connectivity index is 1.50. The second-order valence-electron chi connectivity index (χ2n) is 5.59. The van der Waals surface area contributed by atoms with E-state index in [-0.39, 0.29) is 6.10 Å². The van der Waals surface area contributed by atoms with E-state index >= 15 is 0 Å². The first-order valence-electron chi connectivity index (χ1n) is 7.29. The monoisotopic (exact) mass is 271 g/mol. The minimum Gasteiger partial charge on any atom is -0.393 e. The van der Waals surface area contributed by atoms with E-state index in [4.69, 9.17) is 0 Å². The minimum absolute atomic E-state index is 0.0809. The van der Waals surface area contributed by atoms with Crippen molar-refractivity contribution in [3.05, 3.63) is 48.3 Å². The van der Waals surface area contributed by atoms with E-state index in [1.807, 2.05) is 41.2 Å². The van der Waals surface area contributed by atoms with Crippen LogP contribution in [0.5, 0.6) is 0 Å². The van der Waals surface area contributed by atoms with E-state index in [1.165, 1.54) is 5.56 Å². The fraction of sp³-hybridized carbons (Fsp3) is 0.438. The van der Waals surface area contributed by atoms with Gasteiger partial charge in [0.05, 0.1) is 18.0 Å². The van der Waals surface area contributed by atoms with Crippen molar-refractivity contribution in [2.45, 2.75) is 31.9 Å². The Labute approximate surface area is 119 Å². The van der Waals surface area contributed by atoms with Crippen molar-refractivity contribution in [2.75, 3.05) is 6.54 Å². The molecule has 4 heteroatoms. The van der Waals surface area contributed by atoms with Crippen molar-refractivity contribution in [1.29, 1.82) is 0 Å². The predicted octanol–water partition coefficient (Wildman–Crippen LogP) is 2.12. The molecule has 1 aromatic heterocycles. The largest absolute Gasteiger partial charge is 0.393 e. The van der Waals surface area contributed by atoms with Crippen LogP contribution in [0.15, 0.2) is 42.7 Å². The maximum Gasteiger partial charge on any atom is 0.0645 e. The summed E-state index contributed by atoms with van der Waals surface area (Å²) >= 11 is 0. The molecule has 1 aromatic carbocycles. The van der Waals surface area contributed by atoms with Crippen molar-refractivity contribution >= 4 is 0 Å². The molecule has 2 N–H and O–H groups in total. The topological polar surface area (TPSA) is 50.1 Å². The van der Waals surface area contributed by atoms with Crippen LogP contribution >= 0.6 is 0 Å². The Hall–Kier alpha value is -1.65. The molecule has 0 saturated heterocycles. The first kappa shape index (κ1) is 13.3. The molecule has 0 radical (unpaired) electrons. The average molecular weight is 271 g/mol. The van der Waals surface area contributed by atoms with Crippen LogP contribution in [0.4, 0.5) is 0 Å². The van der Waals surface area contributed by atoms with Crippen LogP contribution in [-0.4, -0.2) is 27.5 Å². The molecule has 2 aromatic rings. The van der Waals surface area contributed by atoms with Crippen LogP contribution in [0.25, 0.3) is 5.69 Å². The van der Waals surface area contributed by atoms with Gasteiger partial charge >= 0.3 is 0 Å². The van der Waals surface area contributed by atoms with Gasteiger partial charge in [-0.2, -0.15) is 5.10 Å². The van der Waals surface area contributed by atoms with Crippen LogP contribution in [0, 0.1) is 5.92 Å². The van der Waals surface area contributed by atoms with Crippen LogP contribution in [0.1, 0.15) is 24.8 Å². The summed E-state index contributed by atoms with van der Waals surface area (Å²) in [5.41, 5.74) is 2.27. The van der Waals surface area contributed by atoms with E-state index in [0.717, 1.165) is 38.0 Å². The molecule has 106 valence electrons. The lowest BCUT2D eigenvalue weighted by Crippen LogP contribution is -2.21. The Kier molecular flexibility index (Phi) is 4.14. The summed E-state index contributed by atoms with van der Waals surface area (Å²) in [5, 5.41) is 17.4. The molecule has 1 fully saturated rings. The summed E-state index contributed by atoms with van der Waals surface area (Å²) in [6.45, 7) is 1.81. The van der Waals surface area contributed by atoms with Gasteiger partial charge < -0.3 is 10.4 Å². The number of aromatic nitrogens is 2. The zero-order chi connectivity index (χ0) is 13.8. The standard InChI is InChI=1S/C16H21N3O/c20-16-7-6-13(8-16)9-17-10-14-11-18-19(12-14)15-4-2-1-3-5-15/h1-5,11-13,16-17,20H,6-10H2. The van der Waals surface area contributed by atoms with Crippen LogP contribution < -0.4 is 5.32 Å². The molecular formula is C16H21N3O. The molecule has 4 nitrogen and oxygen atoms in total. The molecule has 0 aliphatic heterocycles. The number of hydrogen-bond donors (Lipinski definition) is 2. The third-order valence-corrected chi connectivity index (χ3v) is 3.93. The number of rotatable bonds is 5. The van der Waals surface area contributed by atoms with Crippen molar-refractivity contribution in [3.8, 4) is 5.69 Å². The molecule has 1 saturated carbocycles. The second-order valence-corrected chi connectivity index (χ2v) is 5.59. The highest BCUT2D eigenvalue weighted by Crippen LogP contribution is 2.24. The van der Waals surface area contributed by atoms with Crippen LogP contribution in [0.2, 0.25) is 0 Å². The Morgan fingerprint density at radius 2 is 2.10 bits per heavy atom. The van der Waals surface area contributed by atoms with Crippen molar-refractivity contribution in [1.82, 2.24) is 15.1 Å². The van der Waals surface area contributed by atoms with Crippen molar-refractivity contribution in [3.63, 3.8) is 0 Å². The van der Waals surface area contributed by atoms with Gasteiger partial charge in [-0.05, 0) is 43.9 Å². The lowest BCUT2D eigenvalue weighted by atomic mass is 10.1. The molecule has 0 bridgehead atoms. The summed E-state index contributed by atoms with van der Waals surface area (Å²) in [4.78, 5) is 0. The number of nitrogens with one attached hydrogen (secondary N) is 1. The lowest BCUT2D eigenvalue weighted by molar-refractivity contribution is 0.177. The highest BCUT2D eigenvalue weighted by molar-refractivity contribution is 5.30. The quantitative estimate of drug-likeness (QED) is 0.876. The zero-order valence-electron chi connectivity index (χ0n) is 11.6. The molecule has 0 spiro atoms. The Morgan fingerprint density at radius 3 is 2.85 bits per heavy atom. The number of nitrogens with zero attached hydrogens (tertiary/aromatic N) is 2.